The molecule has 0 spiro atoms. The van der Waals surface area contributed by atoms with Crippen LogP contribution < -0.4 is 13.3 Å². The molecule has 26 heavy (non-hydrogen) atoms. The van der Waals surface area contributed by atoms with Crippen molar-refractivity contribution in [1.29, 1.82) is 0 Å². The van der Waals surface area contributed by atoms with Crippen molar-refractivity contribution in [1.82, 2.24) is 0 Å². The molecule has 4 nitrogen and oxygen atoms in total. The first-order valence-electron chi connectivity index (χ1n) is 8.39. The van der Waals surface area contributed by atoms with E-state index in [4.69, 9.17) is 13.3 Å². The Labute approximate surface area is 155 Å². The summed E-state index contributed by atoms with van der Waals surface area (Å²) < 4.78 is 17.0. The highest BCUT2D eigenvalue weighted by molar-refractivity contribution is 6.54. The zero-order valence-corrected chi connectivity index (χ0v) is 16.1. The van der Waals surface area contributed by atoms with E-state index in [-0.39, 0.29) is 0 Å². The topological polar surface area (TPSA) is 47.6 Å². The van der Waals surface area contributed by atoms with Crippen LogP contribution in [0.2, 0.25) is 0 Å². The first-order chi connectivity index (χ1) is 12.4. The van der Waals surface area contributed by atoms with Gasteiger partial charge in [-0.25, -0.2) is 0 Å². The SMILES string of the molecule is Cc1ccc(O[Si]([O])(Oc2ccc(C)cc2)Oc2ccc(C)cc2)cc1. The number of hydrogen-bond acceptors (Lipinski definition) is 3. The highest BCUT2D eigenvalue weighted by atomic mass is 28.4. The number of rotatable bonds is 6. The van der Waals surface area contributed by atoms with Crippen molar-refractivity contribution in [2.75, 3.05) is 0 Å². The highest BCUT2D eigenvalue weighted by Crippen LogP contribution is 2.24. The number of aryl methyl sites for hydroxylation is 3. The second-order valence-corrected chi connectivity index (χ2v) is 7.86. The summed E-state index contributed by atoms with van der Waals surface area (Å²) >= 11 is 0. The summed E-state index contributed by atoms with van der Waals surface area (Å²) in [5.41, 5.74) is 3.23. The molecule has 5 heteroatoms. The number of benzene rings is 3. The van der Waals surface area contributed by atoms with Gasteiger partial charge in [0.25, 0.3) is 0 Å². The van der Waals surface area contributed by atoms with Crippen LogP contribution in [0.1, 0.15) is 16.7 Å². The van der Waals surface area contributed by atoms with Crippen LogP contribution in [-0.4, -0.2) is 9.05 Å². The van der Waals surface area contributed by atoms with E-state index in [0.29, 0.717) is 17.2 Å². The maximum absolute atomic E-state index is 13.3. The van der Waals surface area contributed by atoms with E-state index in [1.807, 2.05) is 57.2 Å². The van der Waals surface area contributed by atoms with Gasteiger partial charge in [-0.1, -0.05) is 53.1 Å². The summed E-state index contributed by atoms with van der Waals surface area (Å²) in [6, 6.07) is 21.7. The van der Waals surface area contributed by atoms with Crippen LogP contribution in [0.25, 0.3) is 0 Å². The van der Waals surface area contributed by atoms with Crippen LogP contribution in [-0.2, 0) is 4.80 Å². The third kappa shape index (κ3) is 4.88. The smallest absolute Gasteiger partial charge is 0.461 e. The molecule has 1 radical (unpaired) electrons. The van der Waals surface area contributed by atoms with Crippen molar-refractivity contribution >= 4 is 9.05 Å². The van der Waals surface area contributed by atoms with Crippen molar-refractivity contribution in [3.8, 4) is 17.2 Å². The minimum Gasteiger partial charge on any atom is -0.461 e. The summed E-state index contributed by atoms with van der Waals surface area (Å²) in [6.07, 6.45) is 0. The molecule has 0 saturated carbocycles. The van der Waals surface area contributed by atoms with E-state index in [0.717, 1.165) is 16.7 Å². The van der Waals surface area contributed by atoms with E-state index < -0.39 is 9.05 Å². The van der Waals surface area contributed by atoms with Crippen molar-refractivity contribution in [2.45, 2.75) is 20.8 Å². The summed E-state index contributed by atoms with van der Waals surface area (Å²) in [6.45, 7) is 5.91. The molecule has 0 bridgehead atoms. The lowest BCUT2D eigenvalue weighted by molar-refractivity contribution is 0.113. The minimum absolute atomic E-state index is 0.427. The van der Waals surface area contributed by atoms with Gasteiger partial charge in [0.15, 0.2) is 0 Å². The molecule has 0 aliphatic carbocycles. The molecule has 0 fully saturated rings. The fraction of sp³-hybridized carbons (Fsp3) is 0.143. The Kier molecular flexibility index (Phi) is 5.30. The van der Waals surface area contributed by atoms with Crippen molar-refractivity contribution in [3.63, 3.8) is 0 Å². The molecule has 3 aromatic carbocycles. The zero-order chi connectivity index (χ0) is 18.6. The van der Waals surface area contributed by atoms with Crippen molar-refractivity contribution < 1.29 is 18.1 Å². The van der Waals surface area contributed by atoms with Crippen LogP contribution in [0.4, 0.5) is 0 Å². The van der Waals surface area contributed by atoms with Gasteiger partial charge in [-0.3, -0.25) is 0 Å². The zero-order valence-electron chi connectivity index (χ0n) is 15.1. The van der Waals surface area contributed by atoms with E-state index in [9.17, 15) is 4.80 Å². The van der Waals surface area contributed by atoms with Crippen molar-refractivity contribution in [2.24, 2.45) is 0 Å². The van der Waals surface area contributed by atoms with E-state index in [1.165, 1.54) is 0 Å². The molecule has 0 atom stereocenters. The third-order valence-electron chi connectivity index (χ3n) is 3.79. The molecule has 3 aromatic rings. The van der Waals surface area contributed by atoms with Gasteiger partial charge < -0.3 is 13.3 Å². The van der Waals surface area contributed by atoms with E-state index in [1.54, 1.807) is 36.4 Å². The fourth-order valence-corrected chi connectivity index (χ4v) is 3.71. The lowest BCUT2D eigenvalue weighted by Crippen LogP contribution is -2.54. The Morgan fingerprint density at radius 1 is 0.500 bits per heavy atom. The first kappa shape index (κ1) is 18.0. The lowest BCUT2D eigenvalue weighted by Gasteiger charge is -2.22. The van der Waals surface area contributed by atoms with Crippen LogP contribution in [0, 0.1) is 20.8 Å². The van der Waals surface area contributed by atoms with E-state index in [2.05, 4.69) is 0 Å². The van der Waals surface area contributed by atoms with Gasteiger partial charge in [0.1, 0.15) is 17.2 Å². The molecule has 0 unspecified atom stereocenters. The molecular weight excluding hydrogens is 344 g/mol. The molecule has 0 amide bonds. The number of hydrogen-bond donors (Lipinski definition) is 0. The molecule has 0 N–H and O–H groups in total. The molecule has 0 aliphatic rings. The van der Waals surface area contributed by atoms with Gasteiger partial charge in [0, 0.05) is 0 Å². The summed E-state index contributed by atoms with van der Waals surface area (Å²) in [7, 11) is -4.27. The summed E-state index contributed by atoms with van der Waals surface area (Å²) in [4.78, 5) is 13.3. The molecule has 0 aliphatic heterocycles. The van der Waals surface area contributed by atoms with E-state index >= 15 is 0 Å². The van der Waals surface area contributed by atoms with Crippen molar-refractivity contribution in [3.05, 3.63) is 89.5 Å². The predicted molar refractivity (Wildman–Crippen MR) is 102 cm³/mol. The molecule has 0 saturated heterocycles. The van der Waals surface area contributed by atoms with Gasteiger partial charge in [-0.15, -0.1) is 0 Å². The minimum atomic E-state index is -4.27. The normalized spacial score (nSPS) is 11.1. The Morgan fingerprint density at radius 3 is 0.962 bits per heavy atom. The molecule has 0 aromatic heterocycles. The molecule has 3 rings (SSSR count). The van der Waals surface area contributed by atoms with Crippen LogP contribution in [0.3, 0.4) is 0 Å². The highest BCUT2D eigenvalue weighted by Gasteiger charge is 2.53. The maximum Gasteiger partial charge on any atom is 0.921 e. The Morgan fingerprint density at radius 2 is 0.731 bits per heavy atom. The van der Waals surface area contributed by atoms with Gasteiger partial charge in [-0.05, 0) is 57.2 Å². The Bertz CT molecular complexity index is 727. The summed E-state index contributed by atoms with van der Waals surface area (Å²) in [5, 5.41) is 0. The fourth-order valence-electron chi connectivity index (χ4n) is 2.31. The molecular formula is C21H21O4Si. The van der Waals surface area contributed by atoms with Gasteiger partial charge in [-0.2, -0.15) is 4.80 Å². The third-order valence-corrected chi connectivity index (χ3v) is 5.25. The predicted octanol–water partition coefficient (Wildman–Crippen LogP) is 5.01. The van der Waals surface area contributed by atoms with Gasteiger partial charge in [0.05, 0.1) is 0 Å². The monoisotopic (exact) mass is 365 g/mol. The van der Waals surface area contributed by atoms with Gasteiger partial charge >= 0.3 is 9.05 Å². The first-order valence-corrected chi connectivity index (χ1v) is 10.0. The average Bonchev–Trinajstić information content (AvgIpc) is 2.61. The average molecular weight is 365 g/mol. The quantitative estimate of drug-likeness (QED) is 0.577. The Hall–Kier alpha value is -2.76. The second-order valence-electron chi connectivity index (χ2n) is 6.25. The summed E-state index contributed by atoms with van der Waals surface area (Å²) in [5.74, 6) is 1.28. The van der Waals surface area contributed by atoms with Crippen LogP contribution in [0.5, 0.6) is 17.2 Å². The van der Waals surface area contributed by atoms with Gasteiger partial charge in [0.2, 0.25) is 0 Å². The molecule has 133 valence electrons. The lowest BCUT2D eigenvalue weighted by atomic mass is 10.2. The van der Waals surface area contributed by atoms with Crippen LogP contribution >= 0.6 is 0 Å². The Balaban J connectivity index is 1.86. The standard InChI is InChI=1S/C21H21O4Si/c1-16-4-10-19(11-5-16)23-26(22,24-20-12-6-17(2)7-13-20)25-21-14-8-18(3)9-15-21/h4-15H,1-3H3. The second kappa shape index (κ2) is 7.64. The molecule has 0 heterocycles. The maximum atomic E-state index is 13.3. The largest absolute Gasteiger partial charge is 0.921 e. The van der Waals surface area contributed by atoms with Crippen LogP contribution in [0.15, 0.2) is 72.8 Å².